The molecule has 1 aliphatic heterocycles. The first-order chi connectivity index (χ1) is 10.7. The molecule has 0 unspecified atom stereocenters. The van der Waals surface area contributed by atoms with Gasteiger partial charge in [-0.3, -0.25) is 9.58 Å². The lowest BCUT2D eigenvalue weighted by Crippen LogP contribution is -2.35. The van der Waals surface area contributed by atoms with Crippen LogP contribution in [0.3, 0.4) is 0 Å². The number of imidazole rings is 1. The van der Waals surface area contributed by atoms with E-state index in [0.717, 1.165) is 19.6 Å². The Labute approximate surface area is 133 Å². The molecular formula is C17H27N5. The van der Waals surface area contributed by atoms with E-state index in [9.17, 15) is 0 Å². The van der Waals surface area contributed by atoms with Gasteiger partial charge in [-0.2, -0.15) is 5.10 Å². The zero-order valence-corrected chi connectivity index (χ0v) is 13.9. The highest BCUT2D eigenvalue weighted by Gasteiger charge is 2.25. The van der Waals surface area contributed by atoms with Crippen LogP contribution in [0.4, 0.5) is 0 Å². The molecule has 0 radical (unpaired) electrons. The molecule has 5 heteroatoms. The molecule has 1 fully saturated rings. The van der Waals surface area contributed by atoms with Crippen molar-refractivity contribution in [2.75, 3.05) is 13.1 Å². The van der Waals surface area contributed by atoms with Gasteiger partial charge in [-0.1, -0.05) is 0 Å². The Morgan fingerprint density at radius 3 is 2.95 bits per heavy atom. The van der Waals surface area contributed by atoms with E-state index in [0.29, 0.717) is 12.0 Å². The molecule has 0 aliphatic carbocycles. The van der Waals surface area contributed by atoms with Crippen LogP contribution in [0.25, 0.3) is 0 Å². The Balaban J connectivity index is 1.67. The summed E-state index contributed by atoms with van der Waals surface area (Å²) < 4.78 is 4.32. The lowest BCUT2D eigenvalue weighted by Gasteiger charge is -2.32. The van der Waals surface area contributed by atoms with E-state index >= 15 is 0 Å². The monoisotopic (exact) mass is 301 g/mol. The number of rotatable bonds is 5. The van der Waals surface area contributed by atoms with Gasteiger partial charge in [-0.15, -0.1) is 0 Å². The van der Waals surface area contributed by atoms with Crippen LogP contribution < -0.4 is 0 Å². The van der Waals surface area contributed by atoms with Crippen molar-refractivity contribution in [2.24, 2.45) is 0 Å². The third-order valence-electron chi connectivity index (χ3n) is 4.54. The van der Waals surface area contributed by atoms with E-state index in [-0.39, 0.29) is 0 Å². The summed E-state index contributed by atoms with van der Waals surface area (Å²) in [6.45, 7) is 10.8. The van der Waals surface area contributed by atoms with Crippen LogP contribution in [0.2, 0.25) is 0 Å². The number of aromatic nitrogens is 4. The third kappa shape index (κ3) is 3.24. The van der Waals surface area contributed by atoms with E-state index in [4.69, 9.17) is 0 Å². The standard InChI is InChI=1S/C17H27N5/c1-4-21-12-15(10-19-21)11-20-8-5-6-16(13-20)17-18-7-9-22(17)14(2)3/h7,9-10,12,14,16H,4-6,8,11,13H2,1-3H3/t16-/m0/s1. The van der Waals surface area contributed by atoms with Gasteiger partial charge in [-0.05, 0) is 40.2 Å². The zero-order chi connectivity index (χ0) is 15.5. The fourth-order valence-electron chi connectivity index (χ4n) is 3.41. The maximum atomic E-state index is 4.64. The van der Waals surface area contributed by atoms with Gasteiger partial charge in [0.2, 0.25) is 0 Å². The van der Waals surface area contributed by atoms with Gasteiger partial charge in [0.25, 0.3) is 0 Å². The second-order valence-electron chi connectivity index (χ2n) is 6.57. The molecule has 0 amide bonds. The van der Waals surface area contributed by atoms with Crippen molar-refractivity contribution in [3.63, 3.8) is 0 Å². The molecule has 1 saturated heterocycles. The average Bonchev–Trinajstić information content (AvgIpc) is 3.16. The fraction of sp³-hybridized carbons (Fsp3) is 0.647. The van der Waals surface area contributed by atoms with E-state index in [1.807, 2.05) is 17.1 Å². The minimum atomic E-state index is 0.482. The first-order valence-corrected chi connectivity index (χ1v) is 8.43. The van der Waals surface area contributed by atoms with Gasteiger partial charge in [-0.25, -0.2) is 4.98 Å². The molecule has 3 rings (SSSR count). The molecule has 120 valence electrons. The molecule has 3 heterocycles. The summed E-state index contributed by atoms with van der Waals surface area (Å²) in [6.07, 6.45) is 10.7. The highest BCUT2D eigenvalue weighted by Crippen LogP contribution is 2.28. The van der Waals surface area contributed by atoms with Crippen LogP contribution in [0.5, 0.6) is 0 Å². The number of hydrogen-bond acceptors (Lipinski definition) is 3. The summed E-state index contributed by atoms with van der Waals surface area (Å²) >= 11 is 0. The normalized spacial score (nSPS) is 19.9. The van der Waals surface area contributed by atoms with Gasteiger partial charge in [0.15, 0.2) is 0 Å². The van der Waals surface area contributed by atoms with Crippen LogP contribution in [0.1, 0.15) is 57.0 Å². The summed E-state index contributed by atoms with van der Waals surface area (Å²) in [5.41, 5.74) is 1.31. The lowest BCUT2D eigenvalue weighted by molar-refractivity contribution is 0.194. The minimum absolute atomic E-state index is 0.482. The molecule has 0 bridgehead atoms. The Hall–Kier alpha value is -1.62. The predicted octanol–water partition coefficient (Wildman–Crippen LogP) is 3.06. The second-order valence-corrected chi connectivity index (χ2v) is 6.57. The van der Waals surface area contributed by atoms with Gasteiger partial charge >= 0.3 is 0 Å². The van der Waals surface area contributed by atoms with Crippen molar-refractivity contribution in [1.29, 1.82) is 0 Å². The highest BCUT2D eigenvalue weighted by atomic mass is 15.3. The van der Waals surface area contributed by atoms with Crippen LogP contribution >= 0.6 is 0 Å². The van der Waals surface area contributed by atoms with Crippen molar-refractivity contribution < 1.29 is 0 Å². The largest absolute Gasteiger partial charge is 0.332 e. The molecule has 1 aliphatic rings. The molecule has 5 nitrogen and oxygen atoms in total. The zero-order valence-electron chi connectivity index (χ0n) is 13.9. The molecule has 2 aromatic heterocycles. The molecule has 0 saturated carbocycles. The third-order valence-corrected chi connectivity index (χ3v) is 4.54. The topological polar surface area (TPSA) is 38.9 Å². The van der Waals surface area contributed by atoms with Crippen LogP contribution in [-0.4, -0.2) is 37.3 Å². The van der Waals surface area contributed by atoms with Crippen LogP contribution in [0, 0.1) is 0 Å². The van der Waals surface area contributed by atoms with Crippen molar-refractivity contribution in [1.82, 2.24) is 24.2 Å². The van der Waals surface area contributed by atoms with E-state index in [1.165, 1.54) is 30.8 Å². The summed E-state index contributed by atoms with van der Waals surface area (Å²) in [7, 11) is 0. The van der Waals surface area contributed by atoms with Gasteiger partial charge in [0.1, 0.15) is 5.82 Å². The van der Waals surface area contributed by atoms with Gasteiger partial charge in [0, 0.05) is 55.7 Å². The highest BCUT2D eigenvalue weighted by molar-refractivity contribution is 5.07. The average molecular weight is 301 g/mol. The lowest BCUT2D eigenvalue weighted by atomic mass is 9.96. The van der Waals surface area contributed by atoms with Gasteiger partial charge in [0.05, 0.1) is 6.20 Å². The smallest absolute Gasteiger partial charge is 0.113 e. The van der Waals surface area contributed by atoms with E-state index in [2.05, 4.69) is 52.7 Å². The molecule has 0 N–H and O–H groups in total. The SMILES string of the molecule is CCn1cc(CN2CCC[C@H](c3nccn3C(C)C)C2)cn1. The number of nitrogens with zero attached hydrogens (tertiary/aromatic N) is 5. The van der Waals surface area contributed by atoms with E-state index in [1.54, 1.807) is 0 Å². The number of hydrogen-bond donors (Lipinski definition) is 0. The Morgan fingerprint density at radius 1 is 1.36 bits per heavy atom. The molecule has 2 aromatic rings. The Kier molecular flexibility index (Phi) is 4.62. The summed E-state index contributed by atoms with van der Waals surface area (Å²) in [6, 6.07) is 0.482. The quantitative estimate of drug-likeness (QED) is 0.852. The first-order valence-electron chi connectivity index (χ1n) is 8.43. The molecule has 1 atom stereocenters. The van der Waals surface area contributed by atoms with Crippen molar-refractivity contribution in [3.05, 3.63) is 36.2 Å². The summed E-state index contributed by atoms with van der Waals surface area (Å²) in [5.74, 6) is 1.80. The molecular weight excluding hydrogens is 274 g/mol. The maximum absolute atomic E-state index is 4.64. The van der Waals surface area contributed by atoms with Crippen molar-refractivity contribution in [2.45, 2.75) is 58.7 Å². The molecule has 0 spiro atoms. The fourth-order valence-corrected chi connectivity index (χ4v) is 3.41. The Morgan fingerprint density at radius 2 is 2.23 bits per heavy atom. The van der Waals surface area contributed by atoms with Gasteiger partial charge < -0.3 is 4.57 Å². The number of aryl methyl sites for hydroxylation is 1. The first kappa shape index (κ1) is 15.3. The number of likely N-dealkylation sites (tertiary alicyclic amines) is 1. The summed E-state index contributed by atoms with van der Waals surface area (Å²) in [5, 5.41) is 4.38. The summed E-state index contributed by atoms with van der Waals surface area (Å²) in [4.78, 5) is 7.19. The maximum Gasteiger partial charge on any atom is 0.113 e. The van der Waals surface area contributed by atoms with Crippen LogP contribution in [-0.2, 0) is 13.1 Å². The van der Waals surface area contributed by atoms with Crippen molar-refractivity contribution >= 4 is 0 Å². The van der Waals surface area contributed by atoms with E-state index < -0.39 is 0 Å². The minimum Gasteiger partial charge on any atom is -0.332 e. The predicted molar refractivity (Wildman–Crippen MR) is 87.8 cm³/mol. The second kappa shape index (κ2) is 6.65. The molecule has 22 heavy (non-hydrogen) atoms. The molecule has 0 aromatic carbocycles. The Bertz CT molecular complexity index is 598. The van der Waals surface area contributed by atoms with Crippen LogP contribution in [0.15, 0.2) is 24.8 Å². The van der Waals surface area contributed by atoms with Crippen molar-refractivity contribution in [3.8, 4) is 0 Å². The number of piperidine rings is 1.